The van der Waals surface area contributed by atoms with Gasteiger partial charge in [-0.3, -0.25) is 13.9 Å². The molecule has 3 aromatic carbocycles. The second-order valence-corrected chi connectivity index (χ2v) is 9.03. The Hall–Kier alpha value is -4.04. The van der Waals surface area contributed by atoms with Crippen LogP contribution in [0, 0.1) is 5.82 Å². The Kier molecular flexibility index (Phi) is 5.93. The van der Waals surface area contributed by atoms with E-state index in [9.17, 15) is 22.4 Å². The molecular formula is C25H19FN2O4S. The summed E-state index contributed by atoms with van der Waals surface area (Å²) in [5, 5.41) is 2.69. The van der Waals surface area contributed by atoms with Gasteiger partial charge in [0.25, 0.3) is 15.9 Å². The van der Waals surface area contributed by atoms with Gasteiger partial charge >= 0.3 is 0 Å². The predicted octanol–water partition coefficient (Wildman–Crippen LogP) is 4.00. The van der Waals surface area contributed by atoms with Crippen LogP contribution in [0.2, 0.25) is 0 Å². The van der Waals surface area contributed by atoms with Crippen LogP contribution in [-0.2, 0) is 10.0 Å². The van der Waals surface area contributed by atoms with E-state index in [4.69, 9.17) is 0 Å². The Labute approximate surface area is 190 Å². The molecule has 1 N–H and O–H groups in total. The molecule has 1 heterocycles. The lowest BCUT2D eigenvalue weighted by Gasteiger charge is -2.33. The number of fused-ring (bicyclic) bond motifs is 1. The van der Waals surface area contributed by atoms with Crippen molar-refractivity contribution in [3.8, 4) is 0 Å². The number of hydrogen-bond donors (Lipinski definition) is 1. The third kappa shape index (κ3) is 4.08. The maximum Gasteiger partial charge on any atom is 0.265 e. The molecule has 166 valence electrons. The average molecular weight is 463 g/mol. The van der Waals surface area contributed by atoms with Crippen LogP contribution >= 0.6 is 0 Å². The van der Waals surface area contributed by atoms with Crippen molar-refractivity contribution in [3.63, 3.8) is 0 Å². The molecule has 1 amide bonds. The molecule has 8 heteroatoms. The Bertz CT molecular complexity index is 1380. The third-order valence-electron chi connectivity index (χ3n) is 5.10. The quantitative estimate of drug-likeness (QED) is 0.443. The van der Waals surface area contributed by atoms with Crippen molar-refractivity contribution >= 4 is 27.4 Å². The number of nitrogens with one attached hydrogen (secondary N) is 1. The van der Waals surface area contributed by atoms with Crippen molar-refractivity contribution in [1.29, 1.82) is 0 Å². The summed E-state index contributed by atoms with van der Waals surface area (Å²) < 4.78 is 41.1. The number of benzene rings is 3. The normalized spacial score (nSPS) is 14.4. The van der Waals surface area contributed by atoms with E-state index >= 15 is 0 Å². The standard InChI is InChI=1S/C25H19FN2O4S/c1-2-16-28-23(24(29)17-8-4-3-5-9-17)22(20-10-6-7-11-21(20)33(28,31)32)27-25(30)18-12-14-19(26)15-13-18/h2-15H,1,16H2,(H,27,30). The highest BCUT2D eigenvalue weighted by atomic mass is 32.2. The number of nitrogens with zero attached hydrogens (tertiary/aromatic N) is 1. The molecule has 1 aliphatic heterocycles. The van der Waals surface area contributed by atoms with Gasteiger partial charge in [0, 0.05) is 16.7 Å². The summed E-state index contributed by atoms with van der Waals surface area (Å²) >= 11 is 0. The van der Waals surface area contributed by atoms with Crippen LogP contribution in [0.4, 0.5) is 4.39 Å². The Morgan fingerprint density at radius 2 is 1.55 bits per heavy atom. The van der Waals surface area contributed by atoms with Crippen molar-refractivity contribution in [2.75, 3.05) is 6.54 Å². The van der Waals surface area contributed by atoms with E-state index in [0.29, 0.717) is 0 Å². The zero-order valence-corrected chi connectivity index (χ0v) is 18.2. The molecule has 33 heavy (non-hydrogen) atoms. The highest BCUT2D eigenvalue weighted by molar-refractivity contribution is 7.89. The van der Waals surface area contributed by atoms with E-state index in [-0.39, 0.29) is 39.5 Å². The molecule has 3 aromatic rings. The maximum absolute atomic E-state index is 13.6. The molecular weight excluding hydrogens is 443 g/mol. The second kappa shape index (κ2) is 8.84. The zero-order valence-electron chi connectivity index (χ0n) is 17.4. The van der Waals surface area contributed by atoms with Gasteiger partial charge in [0.05, 0.1) is 17.1 Å². The lowest BCUT2D eigenvalue weighted by molar-refractivity contribution is 0.0972. The molecule has 0 atom stereocenters. The minimum Gasteiger partial charge on any atom is -0.319 e. The largest absolute Gasteiger partial charge is 0.319 e. The Morgan fingerprint density at radius 3 is 2.21 bits per heavy atom. The number of allylic oxidation sites excluding steroid dienone is 1. The van der Waals surface area contributed by atoms with Gasteiger partial charge in [-0.1, -0.05) is 54.6 Å². The summed E-state index contributed by atoms with van der Waals surface area (Å²) in [6.45, 7) is 3.44. The lowest BCUT2D eigenvalue weighted by atomic mass is 10.0. The van der Waals surface area contributed by atoms with Crippen LogP contribution in [0.25, 0.3) is 5.70 Å². The number of sulfonamides is 1. The van der Waals surface area contributed by atoms with E-state index in [1.165, 1.54) is 30.3 Å². The number of Topliss-reactive ketones (excluding diaryl/α,β-unsaturated/α-hetero) is 1. The van der Waals surface area contributed by atoms with Gasteiger partial charge in [0.2, 0.25) is 5.78 Å². The summed E-state index contributed by atoms with van der Waals surface area (Å²) in [4.78, 5) is 26.5. The summed E-state index contributed by atoms with van der Waals surface area (Å²) in [5.41, 5.74) is 0.439. The zero-order chi connectivity index (χ0) is 23.6. The first-order valence-electron chi connectivity index (χ1n) is 9.98. The Morgan fingerprint density at radius 1 is 0.909 bits per heavy atom. The van der Waals surface area contributed by atoms with Crippen LogP contribution in [0.5, 0.6) is 0 Å². The number of halogens is 1. The molecule has 0 unspecified atom stereocenters. The van der Waals surface area contributed by atoms with Gasteiger partial charge in [-0.25, -0.2) is 12.8 Å². The Balaban J connectivity index is 1.95. The van der Waals surface area contributed by atoms with Crippen molar-refractivity contribution in [2.24, 2.45) is 0 Å². The molecule has 0 aromatic heterocycles. The highest BCUT2D eigenvalue weighted by Crippen LogP contribution is 2.37. The van der Waals surface area contributed by atoms with Crippen molar-refractivity contribution < 1.29 is 22.4 Å². The van der Waals surface area contributed by atoms with Gasteiger partial charge in [0.15, 0.2) is 0 Å². The van der Waals surface area contributed by atoms with Crippen LogP contribution in [-0.4, -0.2) is 31.0 Å². The number of hydrogen-bond acceptors (Lipinski definition) is 4. The molecule has 0 aliphatic carbocycles. The van der Waals surface area contributed by atoms with Crippen molar-refractivity contribution in [1.82, 2.24) is 9.62 Å². The molecule has 1 aliphatic rings. The van der Waals surface area contributed by atoms with Gasteiger partial charge < -0.3 is 5.32 Å². The fourth-order valence-corrected chi connectivity index (χ4v) is 5.21. The van der Waals surface area contributed by atoms with Crippen LogP contribution in [0.15, 0.2) is 102 Å². The van der Waals surface area contributed by atoms with E-state index in [1.807, 2.05) is 0 Å². The molecule has 0 fully saturated rings. The van der Waals surface area contributed by atoms with Gasteiger partial charge in [-0.15, -0.1) is 6.58 Å². The predicted molar refractivity (Wildman–Crippen MR) is 122 cm³/mol. The fourth-order valence-electron chi connectivity index (χ4n) is 3.56. The lowest BCUT2D eigenvalue weighted by Crippen LogP contribution is -2.41. The molecule has 4 rings (SSSR count). The smallest absolute Gasteiger partial charge is 0.265 e. The first kappa shape index (κ1) is 22.2. The van der Waals surface area contributed by atoms with Crippen molar-refractivity contribution in [3.05, 3.63) is 120 Å². The van der Waals surface area contributed by atoms with Gasteiger partial charge in [0.1, 0.15) is 11.5 Å². The number of amides is 1. The molecule has 0 saturated heterocycles. The SMILES string of the molecule is C=CCN1C(C(=O)c2ccccc2)=C(NC(=O)c2ccc(F)cc2)c2ccccc2S1(=O)=O. The molecule has 0 saturated carbocycles. The minimum atomic E-state index is -4.10. The maximum atomic E-state index is 13.6. The monoisotopic (exact) mass is 462 g/mol. The summed E-state index contributed by atoms with van der Waals surface area (Å²) in [6.07, 6.45) is 1.36. The van der Waals surface area contributed by atoms with E-state index < -0.39 is 27.5 Å². The minimum absolute atomic E-state index is 0.0467. The topological polar surface area (TPSA) is 83.6 Å². The summed E-state index contributed by atoms with van der Waals surface area (Å²) in [5.74, 6) is -1.70. The van der Waals surface area contributed by atoms with Crippen LogP contribution < -0.4 is 5.32 Å². The van der Waals surface area contributed by atoms with Gasteiger partial charge in [-0.2, -0.15) is 0 Å². The van der Waals surface area contributed by atoms with E-state index in [2.05, 4.69) is 11.9 Å². The second-order valence-electron chi connectivity index (χ2n) is 7.20. The van der Waals surface area contributed by atoms with E-state index in [0.717, 1.165) is 16.4 Å². The number of ketones is 1. The fraction of sp³-hybridized carbons (Fsp3) is 0.0400. The number of rotatable bonds is 6. The number of carbonyl (C=O) groups excluding carboxylic acids is 2. The summed E-state index contributed by atoms with van der Waals surface area (Å²) in [7, 11) is -4.10. The highest BCUT2D eigenvalue weighted by Gasteiger charge is 2.40. The molecule has 0 radical (unpaired) electrons. The first-order chi connectivity index (χ1) is 15.8. The average Bonchev–Trinajstić information content (AvgIpc) is 2.83. The third-order valence-corrected chi connectivity index (χ3v) is 6.93. The molecule has 0 bridgehead atoms. The van der Waals surface area contributed by atoms with Crippen molar-refractivity contribution in [2.45, 2.75) is 4.90 Å². The molecule has 0 spiro atoms. The van der Waals surface area contributed by atoms with Gasteiger partial charge in [-0.05, 0) is 30.3 Å². The van der Waals surface area contributed by atoms with E-state index in [1.54, 1.807) is 42.5 Å². The van der Waals surface area contributed by atoms with Crippen LogP contribution in [0.1, 0.15) is 26.3 Å². The van der Waals surface area contributed by atoms with Crippen LogP contribution in [0.3, 0.4) is 0 Å². The number of carbonyl (C=O) groups is 2. The summed E-state index contributed by atoms with van der Waals surface area (Å²) in [6, 6.07) is 19.2. The molecule has 6 nitrogen and oxygen atoms in total. The first-order valence-corrected chi connectivity index (χ1v) is 11.4.